The van der Waals surface area contributed by atoms with Gasteiger partial charge in [-0.25, -0.2) is 9.29 Å². The molecular weight excluding hydrogens is 381 g/mol. The van der Waals surface area contributed by atoms with Crippen molar-refractivity contribution in [2.24, 2.45) is 0 Å². The van der Waals surface area contributed by atoms with E-state index in [4.69, 9.17) is 0 Å². The molecule has 6 heteroatoms. The van der Waals surface area contributed by atoms with Crippen LogP contribution in [0.1, 0.15) is 30.9 Å². The van der Waals surface area contributed by atoms with E-state index in [0.29, 0.717) is 41.5 Å². The van der Waals surface area contributed by atoms with Gasteiger partial charge in [-0.3, -0.25) is 9.59 Å². The third-order valence-electron chi connectivity index (χ3n) is 5.83. The quantitative estimate of drug-likeness (QED) is 0.728. The Labute approximate surface area is 176 Å². The maximum absolute atomic E-state index is 13.5. The summed E-state index contributed by atoms with van der Waals surface area (Å²) in [5, 5.41) is 0. The van der Waals surface area contributed by atoms with E-state index >= 15 is 0 Å². The van der Waals surface area contributed by atoms with Gasteiger partial charge < -0.3 is 9.80 Å². The van der Waals surface area contributed by atoms with Gasteiger partial charge in [-0.2, -0.15) is 0 Å². The molecule has 4 rings (SSSR count). The van der Waals surface area contributed by atoms with Crippen molar-refractivity contribution in [3.8, 4) is 0 Å². The van der Waals surface area contributed by atoms with Gasteiger partial charge in [0.1, 0.15) is 11.5 Å². The van der Waals surface area contributed by atoms with Crippen LogP contribution in [0, 0.1) is 5.82 Å². The van der Waals surface area contributed by atoms with Crippen LogP contribution in [0.25, 0.3) is 5.57 Å². The second-order valence-electron chi connectivity index (χ2n) is 8.21. The average Bonchev–Trinajstić information content (AvgIpc) is 2.99. The van der Waals surface area contributed by atoms with Gasteiger partial charge in [0, 0.05) is 26.2 Å². The number of carbonyl (C=O) groups excluding carboxylic acids is 2. The van der Waals surface area contributed by atoms with Crippen LogP contribution in [-0.4, -0.2) is 54.8 Å². The molecule has 0 aliphatic carbocycles. The lowest BCUT2D eigenvalue weighted by Gasteiger charge is -2.34. The molecular formula is C24H26FN3O2. The first kappa shape index (κ1) is 20.3. The van der Waals surface area contributed by atoms with Crippen molar-refractivity contribution in [1.29, 1.82) is 0 Å². The minimum Gasteiger partial charge on any atom is -0.364 e. The number of nitrogens with zero attached hydrogens (tertiary/aromatic N) is 3. The maximum atomic E-state index is 13.5. The number of rotatable bonds is 4. The molecule has 0 spiro atoms. The van der Waals surface area contributed by atoms with Crippen molar-refractivity contribution in [2.75, 3.05) is 38.1 Å². The summed E-state index contributed by atoms with van der Waals surface area (Å²) >= 11 is 0. The van der Waals surface area contributed by atoms with Crippen molar-refractivity contribution < 1.29 is 14.0 Å². The molecule has 1 saturated heterocycles. The van der Waals surface area contributed by atoms with E-state index in [0.717, 1.165) is 18.7 Å². The zero-order valence-corrected chi connectivity index (χ0v) is 17.6. The van der Waals surface area contributed by atoms with Crippen LogP contribution in [0.4, 0.5) is 10.1 Å². The number of hydrogen-bond acceptors (Lipinski definition) is 4. The zero-order chi connectivity index (χ0) is 21.4. The number of halogens is 1. The minimum absolute atomic E-state index is 0.318. The Balaban J connectivity index is 1.76. The number of hydrogen-bond donors (Lipinski definition) is 0. The first-order valence-corrected chi connectivity index (χ1v) is 10.3. The summed E-state index contributed by atoms with van der Waals surface area (Å²) in [5.41, 5.74) is 3.01. The number of benzene rings is 2. The molecule has 30 heavy (non-hydrogen) atoms. The molecule has 0 N–H and O–H groups in total. The van der Waals surface area contributed by atoms with Crippen molar-refractivity contribution >= 4 is 23.1 Å². The molecule has 2 aliphatic heterocycles. The van der Waals surface area contributed by atoms with Gasteiger partial charge in [-0.1, -0.05) is 38.1 Å². The van der Waals surface area contributed by atoms with Gasteiger partial charge >= 0.3 is 0 Å². The predicted molar refractivity (Wildman–Crippen MR) is 115 cm³/mol. The van der Waals surface area contributed by atoms with Crippen LogP contribution in [0.15, 0.2) is 54.2 Å². The lowest BCUT2D eigenvalue weighted by atomic mass is 10.0. The molecule has 0 bridgehead atoms. The fourth-order valence-electron chi connectivity index (χ4n) is 3.96. The van der Waals surface area contributed by atoms with E-state index in [1.807, 2.05) is 36.2 Å². The second-order valence-corrected chi connectivity index (χ2v) is 8.21. The smallest absolute Gasteiger partial charge is 0.282 e. The minimum atomic E-state index is -0.376. The molecule has 0 radical (unpaired) electrons. The molecule has 0 atom stereocenters. The summed E-state index contributed by atoms with van der Waals surface area (Å²) in [6.45, 7) is 7.14. The van der Waals surface area contributed by atoms with Crippen molar-refractivity contribution in [1.82, 2.24) is 9.80 Å². The van der Waals surface area contributed by atoms with Crippen LogP contribution in [0.5, 0.6) is 0 Å². The van der Waals surface area contributed by atoms with Crippen molar-refractivity contribution in [3.63, 3.8) is 0 Å². The molecule has 5 nitrogen and oxygen atoms in total. The molecule has 1 fully saturated rings. The van der Waals surface area contributed by atoms with E-state index in [1.54, 1.807) is 12.1 Å². The lowest BCUT2D eigenvalue weighted by Crippen LogP contribution is -2.46. The van der Waals surface area contributed by atoms with Gasteiger partial charge in [0.25, 0.3) is 11.8 Å². The number of carbonyl (C=O) groups is 2. The third kappa shape index (κ3) is 3.63. The Bertz CT molecular complexity index is 988. The highest BCUT2D eigenvalue weighted by Gasteiger charge is 2.42. The fraction of sp³-hybridized carbons (Fsp3) is 0.333. The highest BCUT2D eigenvalue weighted by atomic mass is 19.1. The Morgan fingerprint density at radius 1 is 0.833 bits per heavy atom. The Morgan fingerprint density at radius 2 is 1.43 bits per heavy atom. The molecule has 0 aromatic heterocycles. The number of imide groups is 1. The Hall–Kier alpha value is -2.99. The van der Waals surface area contributed by atoms with Crippen LogP contribution in [0.3, 0.4) is 0 Å². The van der Waals surface area contributed by atoms with Crippen LogP contribution < -0.4 is 4.90 Å². The normalized spacial score (nSPS) is 18.2. The van der Waals surface area contributed by atoms with E-state index in [2.05, 4.69) is 18.7 Å². The first-order chi connectivity index (χ1) is 14.4. The molecule has 0 unspecified atom stereocenters. The second kappa shape index (κ2) is 8.03. The SMILES string of the molecule is CC(C)c1ccc(N2C(=O)C(c3ccc(F)cc3)=C(N3CCN(C)CC3)C2=O)cc1. The lowest BCUT2D eigenvalue weighted by molar-refractivity contribution is -0.120. The van der Waals surface area contributed by atoms with Crippen molar-refractivity contribution in [2.45, 2.75) is 19.8 Å². The van der Waals surface area contributed by atoms with Gasteiger partial charge in [-0.05, 0) is 48.4 Å². The van der Waals surface area contributed by atoms with Crippen LogP contribution in [0.2, 0.25) is 0 Å². The Morgan fingerprint density at radius 3 is 2.00 bits per heavy atom. The van der Waals surface area contributed by atoms with Crippen LogP contribution >= 0.6 is 0 Å². The fourth-order valence-corrected chi connectivity index (χ4v) is 3.96. The molecule has 2 aromatic rings. The van der Waals surface area contributed by atoms with Gasteiger partial charge in [-0.15, -0.1) is 0 Å². The van der Waals surface area contributed by atoms with E-state index in [9.17, 15) is 14.0 Å². The maximum Gasteiger partial charge on any atom is 0.282 e. The average molecular weight is 407 g/mol. The van der Waals surface area contributed by atoms with Gasteiger partial charge in [0.15, 0.2) is 0 Å². The standard InChI is InChI=1S/C24H26FN3O2/c1-16(2)17-6-10-20(11-7-17)28-23(29)21(18-4-8-19(25)9-5-18)22(24(28)30)27-14-12-26(3)13-15-27/h4-11,16H,12-15H2,1-3H3. The van der Waals surface area contributed by atoms with E-state index < -0.39 is 0 Å². The summed E-state index contributed by atoms with van der Waals surface area (Å²) in [5.74, 6) is -0.699. The third-order valence-corrected chi connectivity index (χ3v) is 5.83. The molecule has 2 amide bonds. The van der Waals surface area contributed by atoms with Crippen LogP contribution in [-0.2, 0) is 9.59 Å². The Kier molecular flexibility index (Phi) is 5.43. The molecule has 2 aliphatic rings. The molecule has 2 aromatic carbocycles. The van der Waals surface area contributed by atoms with Crippen molar-refractivity contribution in [3.05, 3.63) is 71.2 Å². The molecule has 156 valence electrons. The summed E-state index contributed by atoms with van der Waals surface area (Å²) in [4.78, 5) is 32.4. The topological polar surface area (TPSA) is 43.9 Å². The van der Waals surface area contributed by atoms with E-state index in [-0.39, 0.29) is 17.6 Å². The predicted octanol–water partition coefficient (Wildman–Crippen LogP) is 3.48. The highest BCUT2D eigenvalue weighted by molar-refractivity contribution is 6.45. The summed E-state index contributed by atoms with van der Waals surface area (Å²) in [6.07, 6.45) is 0. The first-order valence-electron chi connectivity index (χ1n) is 10.3. The summed E-state index contributed by atoms with van der Waals surface area (Å²) in [7, 11) is 2.04. The molecule has 0 saturated carbocycles. The molecule has 2 heterocycles. The van der Waals surface area contributed by atoms with Gasteiger partial charge in [0.2, 0.25) is 0 Å². The number of piperazine rings is 1. The monoisotopic (exact) mass is 407 g/mol. The van der Waals surface area contributed by atoms with Gasteiger partial charge in [0.05, 0.1) is 11.3 Å². The zero-order valence-electron chi connectivity index (χ0n) is 17.6. The summed E-state index contributed by atoms with van der Waals surface area (Å²) in [6, 6.07) is 13.3. The number of amides is 2. The highest BCUT2D eigenvalue weighted by Crippen LogP contribution is 2.35. The summed E-state index contributed by atoms with van der Waals surface area (Å²) < 4.78 is 13.5. The van der Waals surface area contributed by atoms with E-state index in [1.165, 1.54) is 17.0 Å². The number of anilines is 1. The number of likely N-dealkylation sites (N-methyl/N-ethyl adjacent to an activating group) is 1. The largest absolute Gasteiger partial charge is 0.364 e.